The Hall–Kier alpha value is -0.820. The van der Waals surface area contributed by atoms with Gasteiger partial charge in [0.15, 0.2) is 0 Å². The van der Waals surface area contributed by atoms with Crippen LogP contribution in [0, 0.1) is 0 Å². The van der Waals surface area contributed by atoms with E-state index in [9.17, 15) is 8.42 Å². The Kier molecular flexibility index (Phi) is 8.03. The second-order valence-corrected chi connectivity index (χ2v) is 7.45. The van der Waals surface area contributed by atoms with E-state index in [0.29, 0.717) is 31.2 Å². The number of halogens is 1. The molecule has 0 amide bonds. The zero-order chi connectivity index (χ0) is 15.7. The highest BCUT2D eigenvalue weighted by molar-refractivity contribution is 7.90. The number of hydrogen-bond donors (Lipinski definition) is 1. The molecular formula is C14H22ClNO4S. The first-order chi connectivity index (χ1) is 9.92. The van der Waals surface area contributed by atoms with Gasteiger partial charge in [-0.25, -0.2) is 8.42 Å². The van der Waals surface area contributed by atoms with Crippen LogP contribution in [0.4, 0.5) is 0 Å². The molecule has 1 N–H and O–H groups in total. The van der Waals surface area contributed by atoms with Gasteiger partial charge < -0.3 is 14.8 Å². The average molecular weight is 336 g/mol. The van der Waals surface area contributed by atoms with Gasteiger partial charge in [-0.15, -0.1) is 0 Å². The number of rotatable bonds is 10. The third-order valence-corrected chi connectivity index (χ3v) is 4.00. The normalized spacial score (nSPS) is 11.6. The molecule has 0 bridgehead atoms. The molecule has 0 atom stereocenters. The summed E-state index contributed by atoms with van der Waals surface area (Å²) in [5.41, 5.74) is 0.943. The van der Waals surface area contributed by atoms with Crippen LogP contribution in [0.15, 0.2) is 18.2 Å². The van der Waals surface area contributed by atoms with Gasteiger partial charge in [-0.1, -0.05) is 11.6 Å². The maximum Gasteiger partial charge on any atom is 0.147 e. The highest BCUT2D eigenvalue weighted by atomic mass is 35.5. The molecule has 0 heterocycles. The molecule has 7 heteroatoms. The van der Waals surface area contributed by atoms with Crippen molar-refractivity contribution in [2.45, 2.75) is 13.0 Å². The number of ether oxygens (including phenoxy) is 2. The summed E-state index contributed by atoms with van der Waals surface area (Å²) in [5.74, 6) is 0.847. The molecule has 0 aliphatic rings. The van der Waals surface area contributed by atoms with Gasteiger partial charge in [-0.3, -0.25) is 0 Å². The molecule has 0 unspecified atom stereocenters. The van der Waals surface area contributed by atoms with Crippen molar-refractivity contribution >= 4 is 21.4 Å². The monoisotopic (exact) mass is 335 g/mol. The van der Waals surface area contributed by atoms with E-state index in [4.69, 9.17) is 21.1 Å². The molecular weight excluding hydrogens is 314 g/mol. The lowest BCUT2D eigenvalue weighted by Gasteiger charge is -2.12. The second kappa shape index (κ2) is 9.25. The first-order valence-corrected chi connectivity index (χ1v) is 9.15. The SMILES string of the molecule is COCCNCc1cc(Cl)ccc1OCCCS(C)(=O)=O. The topological polar surface area (TPSA) is 64.6 Å². The van der Waals surface area contributed by atoms with Gasteiger partial charge in [0.05, 0.1) is 19.0 Å². The van der Waals surface area contributed by atoms with Crippen molar-refractivity contribution in [3.63, 3.8) is 0 Å². The maximum atomic E-state index is 11.1. The standard InChI is InChI=1S/C14H22ClNO4S/c1-19-8-6-16-11-12-10-13(15)4-5-14(12)20-7-3-9-21(2,17)18/h4-5,10,16H,3,6-9,11H2,1-2H3. The summed E-state index contributed by atoms with van der Waals surface area (Å²) < 4.78 is 32.7. The minimum Gasteiger partial charge on any atom is -0.493 e. The van der Waals surface area contributed by atoms with Crippen molar-refractivity contribution in [1.82, 2.24) is 5.32 Å². The second-order valence-electron chi connectivity index (χ2n) is 4.75. The Morgan fingerprint density at radius 1 is 1.29 bits per heavy atom. The lowest BCUT2D eigenvalue weighted by molar-refractivity contribution is 0.199. The minimum atomic E-state index is -2.94. The van der Waals surface area contributed by atoms with Gasteiger partial charge in [0, 0.05) is 37.0 Å². The molecule has 21 heavy (non-hydrogen) atoms. The molecule has 0 fully saturated rings. The van der Waals surface area contributed by atoms with Crippen LogP contribution in [0.1, 0.15) is 12.0 Å². The molecule has 0 aliphatic heterocycles. The van der Waals surface area contributed by atoms with E-state index in [1.807, 2.05) is 6.07 Å². The fraction of sp³-hybridized carbons (Fsp3) is 0.571. The molecule has 0 saturated carbocycles. The average Bonchev–Trinajstić information content (AvgIpc) is 2.40. The van der Waals surface area contributed by atoms with Crippen LogP contribution >= 0.6 is 11.6 Å². The smallest absolute Gasteiger partial charge is 0.147 e. The van der Waals surface area contributed by atoms with Crippen LogP contribution < -0.4 is 10.1 Å². The number of benzene rings is 1. The van der Waals surface area contributed by atoms with Crippen LogP contribution in [0.5, 0.6) is 5.75 Å². The quantitative estimate of drug-likeness (QED) is 0.661. The Bertz CT molecular complexity index is 534. The summed E-state index contributed by atoms with van der Waals surface area (Å²) in [7, 11) is -1.29. The van der Waals surface area contributed by atoms with Gasteiger partial charge in [-0.05, 0) is 24.6 Å². The number of sulfone groups is 1. The van der Waals surface area contributed by atoms with Crippen LogP contribution in [-0.2, 0) is 21.1 Å². The lowest BCUT2D eigenvalue weighted by Crippen LogP contribution is -2.19. The number of nitrogens with one attached hydrogen (secondary N) is 1. The van der Waals surface area contributed by atoms with E-state index in [-0.39, 0.29) is 5.75 Å². The van der Waals surface area contributed by atoms with Crippen LogP contribution in [0.3, 0.4) is 0 Å². The molecule has 0 radical (unpaired) electrons. The summed E-state index contributed by atoms with van der Waals surface area (Å²) in [6, 6.07) is 5.40. The Balaban J connectivity index is 2.51. The van der Waals surface area contributed by atoms with Crippen LogP contribution in [0.2, 0.25) is 5.02 Å². The molecule has 0 spiro atoms. The van der Waals surface area contributed by atoms with Crippen molar-refractivity contribution in [3.05, 3.63) is 28.8 Å². The highest BCUT2D eigenvalue weighted by Crippen LogP contribution is 2.23. The van der Waals surface area contributed by atoms with Gasteiger partial charge in [0.1, 0.15) is 15.6 Å². The van der Waals surface area contributed by atoms with E-state index in [1.165, 1.54) is 6.26 Å². The predicted octanol–water partition coefficient (Wildman–Crippen LogP) is 1.89. The lowest BCUT2D eigenvalue weighted by atomic mass is 10.2. The van der Waals surface area contributed by atoms with E-state index in [1.54, 1.807) is 19.2 Å². The number of methoxy groups -OCH3 is 1. The van der Waals surface area contributed by atoms with Gasteiger partial charge >= 0.3 is 0 Å². The summed E-state index contributed by atoms with van der Waals surface area (Å²) in [6.07, 6.45) is 1.69. The summed E-state index contributed by atoms with van der Waals surface area (Å²) in [6.45, 7) is 2.34. The van der Waals surface area contributed by atoms with Gasteiger partial charge in [-0.2, -0.15) is 0 Å². The molecule has 0 aromatic heterocycles. The molecule has 0 aliphatic carbocycles. The van der Waals surface area contributed by atoms with E-state index < -0.39 is 9.84 Å². The van der Waals surface area contributed by atoms with Gasteiger partial charge in [0.25, 0.3) is 0 Å². The third kappa shape index (κ3) is 8.26. The fourth-order valence-electron chi connectivity index (χ4n) is 1.73. The van der Waals surface area contributed by atoms with E-state index in [2.05, 4.69) is 5.32 Å². The first-order valence-electron chi connectivity index (χ1n) is 6.71. The molecule has 1 aromatic carbocycles. The van der Waals surface area contributed by atoms with Crippen molar-refractivity contribution in [2.24, 2.45) is 0 Å². The summed E-state index contributed by atoms with van der Waals surface area (Å²) in [4.78, 5) is 0. The van der Waals surface area contributed by atoms with E-state index in [0.717, 1.165) is 17.9 Å². The molecule has 0 saturated heterocycles. The zero-order valence-electron chi connectivity index (χ0n) is 12.4. The predicted molar refractivity (Wildman–Crippen MR) is 84.9 cm³/mol. The highest BCUT2D eigenvalue weighted by Gasteiger charge is 2.06. The summed E-state index contributed by atoms with van der Waals surface area (Å²) >= 11 is 5.99. The largest absolute Gasteiger partial charge is 0.493 e. The molecule has 1 aromatic rings. The van der Waals surface area contributed by atoms with E-state index >= 15 is 0 Å². The Morgan fingerprint density at radius 2 is 2.05 bits per heavy atom. The third-order valence-electron chi connectivity index (χ3n) is 2.74. The maximum absolute atomic E-state index is 11.1. The first kappa shape index (κ1) is 18.2. The van der Waals surface area contributed by atoms with Gasteiger partial charge in [0.2, 0.25) is 0 Å². The summed E-state index contributed by atoms with van der Waals surface area (Å²) in [5, 5.41) is 3.87. The van der Waals surface area contributed by atoms with Crippen molar-refractivity contribution < 1.29 is 17.9 Å². The zero-order valence-corrected chi connectivity index (χ0v) is 14.0. The molecule has 1 rings (SSSR count). The Morgan fingerprint density at radius 3 is 2.71 bits per heavy atom. The fourth-order valence-corrected chi connectivity index (χ4v) is 2.56. The Labute approximate surface area is 131 Å². The molecule has 120 valence electrons. The van der Waals surface area contributed by atoms with Crippen molar-refractivity contribution in [1.29, 1.82) is 0 Å². The van der Waals surface area contributed by atoms with Crippen LogP contribution in [-0.4, -0.2) is 47.3 Å². The van der Waals surface area contributed by atoms with Crippen molar-refractivity contribution in [2.75, 3.05) is 38.9 Å². The molecule has 5 nitrogen and oxygen atoms in total. The number of hydrogen-bond acceptors (Lipinski definition) is 5. The van der Waals surface area contributed by atoms with Crippen molar-refractivity contribution in [3.8, 4) is 5.75 Å². The van der Waals surface area contributed by atoms with Crippen LogP contribution in [0.25, 0.3) is 0 Å². The minimum absolute atomic E-state index is 0.127.